The van der Waals surface area contributed by atoms with Crippen LogP contribution in [0.25, 0.3) is 0 Å². The van der Waals surface area contributed by atoms with E-state index in [1.54, 1.807) is 31.2 Å². The van der Waals surface area contributed by atoms with Gasteiger partial charge in [-0.1, -0.05) is 6.07 Å². The maximum absolute atomic E-state index is 13.6. The summed E-state index contributed by atoms with van der Waals surface area (Å²) in [7, 11) is 0. The van der Waals surface area contributed by atoms with Crippen LogP contribution in [-0.2, 0) is 0 Å². The first kappa shape index (κ1) is 18.9. The van der Waals surface area contributed by atoms with Crippen molar-refractivity contribution in [3.63, 3.8) is 0 Å². The summed E-state index contributed by atoms with van der Waals surface area (Å²) in [4.78, 5) is 12.7. The van der Waals surface area contributed by atoms with Crippen molar-refractivity contribution in [1.29, 1.82) is 0 Å². The molecule has 29 heavy (non-hydrogen) atoms. The number of rotatable bonds is 3. The van der Waals surface area contributed by atoms with Crippen molar-refractivity contribution in [3.8, 4) is 5.75 Å². The molecule has 0 saturated carbocycles. The highest BCUT2D eigenvalue weighted by Gasteiger charge is 2.47. The quantitative estimate of drug-likeness (QED) is 0.561. The van der Waals surface area contributed by atoms with Crippen LogP contribution >= 0.6 is 0 Å². The number of aromatic hydroxyl groups is 1. The molecule has 0 saturated heterocycles. The van der Waals surface area contributed by atoms with E-state index in [9.17, 15) is 23.1 Å². The molecule has 2 atom stereocenters. The molecule has 3 N–H and O–H groups in total. The summed E-state index contributed by atoms with van der Waals surface area (Å²) in [6.45, 7) is 1.78. The Balaban J connectivity index is 1.70. The van der Waals surface area contributed by atoms with Crippen molar-refractivity contribution in [2.24, 2.45) is 0 Å². The summed E-state index contributed by atoms with van der Waals surface area (Å²) < 4.78 is 46.9. The number of aromatic nitrogens is 2. The molecule has 3 aromatic rings. The number of furan rings is 1. The first-order valence-corrected chi connectivity index (χ1v) is 8.79. The third-order valence-corrected chi connectivity index (χ3v) is 4.77. The minimum absolute atomic E-state index is 0.0652. The number of nitrogens with one attached hydrogen (secondary N) is 2. The maximum atomic E-state index is 13.6. The van der Waals surface area contributed by atoms with Gasteiger partial charge in [0.05, 0.1) is 24.2 Å². The Morgan fingerprint density at radius 2 is 2.17 bits per heavy atom. The lowest BCUT2D eigenvalue weighted by Gasteiger charge is -2.32. The van der Waals surface area contributed by atoms with Gasteiger partial charge in [0.2, 0.25) is 0 Å². The predicted octanol–water partition coefficient (Wildman–Crippen LogP) is 4.40. The van der Waals surface area contributed by atoms with E-state index in [-0.39, 0.29) is 29.2 Å². The number of nitrogens with zero attached hydrogens (tertiary/aromatic N) is 2. The summed E-state index contributed by atoms with van der Waals surface area (Å²) in [5.74, 6) is -0.584. The number of carbonyl (C=O) groups is 1. The average molecular weight is 406 g/mol. The van der Waals surface area contributed by atoms with Gasteiger partial charge in [-0.3, -0.25) is 4.79 Å². The molecule has 10 heteroatoms. The number of benzene rings is 1. The Morgan fingerprint density at radius 1 is 1.38 bits per heavy atom. The van der Waals surface area contributed by atoms with Crippen molar-refractivity contribution in [2.45, 2.75) is 31.6 Å². The van der Waals surface area contributed by atoms with Gasteiger partial charge in [0, 0.05) is 6.42 Å². The number of alkyl halides is 3. The average Bonchev–Trinajstić information content (AvgIpc) is 3.32. The van der Waals surface area contributed by atoms with Crippen LogP contribution in [0.4, 0.5) is 24.7 Å². The lowest BCUT2D eigenvalue weighted by molar-refractivity contribution is -0.174. The van der Waals surface area contributed by atoms with Gasteiger partial charge in [-0.05, 0) is 36.8 Å². The van der Waals surface area contributed by atoms with E-state index in [0.717, 1.165) is 16.4 Å². The Hall–Kier alpha value is -3.43. The molecule has 0 radical (unpaired) electrons. The van der Waals surface area contributed by atoms with Crippen molar-refractivity contribution in [2.75, 3.05) is 10.6 Å². The number of carbonyl (C=O) groups excluding carboxylic acids is 1. The highest BCUT2D eigenvalue weighted by atomic mass is 19.4. The molecular formula is C19H17F3N4O3. The molecule has 0 aliphatic carbocycles. The van der Waals surface area contributed by atoms with Gasteiger partial charge in [0.1, 0.15) is 22.9 Å². The highest BCUT2D eigenvalue weighted by Crippen LogP contribution is 2.44. The molecule has 152 valence electrons. The Bertz CT molecular complexity index is 1040. The van der Waals surface area contributed by atoms with E-state index in [0.29, 0.717) is 5.76 Å². The van der Waals surface area contributed by atoms with E-state index in [4.69, 9.17) is 4.42 Å². The van der Waals surface area contributed by atoms with Crippen molar-refractivity contribution in [1.82, 2.24) is 9.78 Å². The molecule has 4 rings (SSSR count). The molecule has 0 unspecified atom stereocenters. The highest BCUT2D eigenvalue weighted by molar-refractivity contribution is 6.08. The summed E-state index contributed by atoms with van der Waals surface area (Å²) in [6, 6.07) is 5.10. The molecule has 1 aliphatic rings. The van der Waals surface area contributed by atoms with E-state index in [1.807, 2.05) is 0 Å². The molecule has 7 nitrogen and oxygen atoms in total. The predicted molar refractivity (Wildman–Crippen MR) is 97.8 cm³/mol. The van der Waals surface area contributed by atoms with Crippen molar-refractivity contribution in [3.05, 3.63) is 59.7 Å². The standard InChI is InChI=1S/C19H17F3N4O3/c1-10-4-5-14(27)12(7-10)25-18(28)11-9-23-26-16(19(20,21)22)8-13(24-17(11)26)15-3-2-6-29-15/h2-7,9,13,16,24,27H,8H2,1H3,(H,25,28)/t13-,16-/m1/s1. The molecule has 0 spiro atoms. The summed E-state index contributed by atoms with van der Waals surface area (Å²) >= 11 is 0. The largest absolute Gasteiger partial charge is 0.506 e. The number of aryl methyl sites for hydroxylation is 1. The lowest BCUT2D eigenvalue weighted by atomic mass is 10.0. The van der Waals surface area contributed by atoms with Crippen LogP contribution in [0.5, 0.6) is 5.75 Å². The summed E-state index contributed by atoms with van der Waals surface area (Å²) in [6.07, 6.45) is -2.44. The van der Waals surface area contributed by atoms with E-state index < -0.39 is 24.2 Å². The number of halogens is 3. The molecular weight excluding hydrogens is 389 g/mol. The van der Waals surface area contributed by atoms with E-state index in [2.05, 4.69) is 15.7 Å². The molecule has 0 bridgehead atoms. The van der Waals surface area contributed by atoms with Crippen LogP contribution in [0.2, 0.25) is 0 Å². The number of phenolic OH excluding ortho intramolecular Hbond substituents is 1. The topological polar surface area (TPSA) is 92.3 Å². The van der Waals surface area contributed by atoms with Crippen LogP contribution in [0.1, 0.15) is 40.2 Å². The third-order valence-electron chi connectivity index (χ3n) is 4.77. The molecule has 3 heterocycles. The zero-order valence-corrected chi connectivity index (χ0v) is 15.2. The van der Waals surface area contributed by atoms with Gasteiger partial charge in [-0.15, -0.1) is 0 Å². The normalized spacial score (nSPS) is 18.8. The van der Waals surface area contributed by atoms with Crippen molar-refractivity contribution < 1.29 is 27.5 Å². The number of amides is 1. The zero-order chi connectivity index (χ0) is 20.8. The fourth-order valence-corrected chi connectivity index (χ4v) is 3.34. The van der Waals surface area contributed by atoms with Gasteiger partial charge < -0.3 is 20.2 Å². The van der Waals surface area contributed by atoms with Crippen LogP contribution < -0.4 is 10.6 Å². The second-order valence-corrected chi connectivity index (χ2v) is 6.83. The Morgan fingerprint density at radius 3 is 2.86 bits per heavy atom. The first-order chi connectivity index (χ1) is 13.7. The van der Waals surface area contributed by atoms with Gasteiger partial charge in [-0.25, -0.2) is 4.68 Å². The number of hydrogen-bond acceptors (Lipinski definition) is 5. The van der Waals surface area contributed by atoms with Gasteiger partial charge >= 0.3 is 6.18 Å². The van der Waals surface area contributed by atoms with Gasteiger partial charge in [0.25, 0.3) is 5.91 Å². The zero-order valence-electron chi connectivity index (χ0n) is 15.2. The van der Waals surface area contributed by atoms with Gasteiger partial charge in [0.15, 0.2) is 6.04 Å². The summed E-state index contributed by atoms with van der Waals surface area (Å²) in [5, 5.41) is 19.2. The Labute approximate surface area is 163 Å². The minimum Gasteiger partial charge on any atom is -0.506 e. The number of anilines is 2. The smallest absolute Gasteiger partial charge is 0.410 e. The fraction of sp³-hybridized carbons (Fsp3) is 0.263. The third kappa shape index (κ3) is 3.53. The molecule has 2 aromatic heterocycles. The second-order valence-electron chi connectivity index (χ2n) is 6.83. The van der Waals surface area contributed by atoms with Gasteiger partial charge in [-0.2, -0.15) is 18.3 Å². The molecule has 0 fully saturated rings. The number of hydrogen-bond donors (Lipinski definition) is 3. The lowest BCUT2D eigenvalue weighted by Crippen LogP contribution is -2.36. The molecule has 1 aromatic carbocycles. The number of phenols is 1. The SMILES string of the molecule is Cc1ccc(O)c(NC(=O)c2cnn3c2N[C@@H](c2ccco2)C[C@@H]3C(F)(F)F)c1. The molecule has 1 aliphatic heterocycles. The van der Waals surface area contributed by atoms with Crippen LogP contribution in [0.3, 0.4) is 0 Å². The first-order valence-electron chi connectivity index (χ1n) is 8.79. The molecule has 1 amide bonds. The van der Waals surface area contributed by atoms with Crippen LogP contribution in [-0.4, -0.2) is 27.0 Å². The van der Waals surface area contributed by atoms with Crippen molar-refractivity contribution >= 4 is 17.4 Å². The van der Waals surface area contributed by atoms with E-state index >= 15 is 0 Å². The van der Waals surface area contributed by atoms with Crippen LogP contribution in [0, 0.1) is 6.92 Å². The number of fused-ring (bicyclic) bond motifs is 1. The minimum atomic E-state index is -4.56. The second kappa shape index (κ2) is 6.87. The van der Waals surface area contributed by atoms with E-state index in [1.165, 1.54) is 12.3 Å². The Kier molecular flexibility index (Phi) is 4.48. The van der Waals surface area contributed by atoms with Crippen LogP contribution in [0.15, 0.2) is 47.2 Å². The monoisotopic (exact) mass is 406 g/mol. The fourth-order valence-electron chi connectivity index (χ4n) is 3.34. The maximum Gasteiger partial charge on any atom is 0.410 e. The summed E-state index contributed by atoms with van der Waals surface area (Å²) in [5.41, 5.74) is 0.875.